The molecule has 1 unspecified atom stereocenters. The largest absolute Gasteiger partial charge is 0.0985 e. The molecule has 0 aromatic heterocycles. The molecule has 0 N–H and O–H groups in total. The van der Waals surface area contributed by atoms with Crippen molar-refractivity contribution in [1.82, 2.24) is 0 Å². The van der Waals surface area contributed by atoms with Gasteiger partial charge in [0.2, 0.25) is 0 Å². The zero-order chi connectivity index (χ0) is 28.9. The van der Waals surface area contributed by atoms with Crippen LogP contribution in [0.5, 0.6) is 0 Å². The average molecular weight is 510 g/mol. The first-order valence-electron chi connectivity index (χ1n) is 12.4. The smallest absolute Gasteiger partial charge is 0.0714 e. The summed E-state index contributed by atoms with van der Waals surface area (Å²) in [4.78, 5) is 0. The van der Waals surface area contributed by atoms with Gasteiger partial charge in [-0.15, -0.1) is 0 Å². The first-order valence-corrected chi connectivity index (χ1v) is 11.9. The van der Waals surface area contributed by atoms with Crippen molar-refractivity contribution in [2.24, 2.45) is 0 Å². The van der Waals surface area contributed by atoms with Crippen LogP contribution < -0.4 is 0 Å². The average Bonchev–Trinajstić information content (AvgIpc) is 3.15. The zero-order valence-corrected chi connectivity index (χ0v) is 19.0. The van der Waals surface area contributed by atoms with Crippen LogP contribution in [0.15, 0.2) is 104 Å². The van der Waals surface area contributed by atoms with Crippen LogP contribution in [0.2, 0.25) is 5.02 Å². The normalized spacial score (nSPS) is 19.5. The molecule has 5 rings (SSSR count). The molecule has 0 fully saturated rings. The van der Waals surface area contributed by atoms with E-state index in [0.717, 1.165) is 33.4 Å². The Bertz CT molecular complexity index is 1570. The quantitative estimate of drug-likeness (QED) is 0.168. The van der Waals surface area contributed by atoms with Gasteiger partial charge in [0.25, 0.3) is 0 Å². The maximum atomic E-state index is 9.84. The molecule has 174 valence electrons. The third-order valence-electron chi connectivity index (χ3n) is 5.46. The molecule has 7 heteroatoms. The number of rotatable bonds is 3. The number of halogens is 6. The van der Waals surface area contributed by atoms with E-state index in [9.17, 15) is 21.0 Å². The van der Waals surface area contributed by atoms with E-state index in [1.807, 2.05) is 66.7 Å². The molecule has 4 aromatic rings. The van der Waals surface area contributed by atoms with Crippen LogP contribution in [0, 0.1) is 0 Å². The molecule has 34 heavy (non-hydrogen) atoms. The van der Waals surface area contributed by atoms with E-state index in [2.05, 4.69) is 6.58 Å². The van der Waals surface area contributed by atoms with Crippen LogP contribution in [0.3, 0.4) is 0 Å². The predicted octanol–water partition coefficient (Wildman–Crippen LogP) is 10.3. The van der Waals surface area contributed by atoms with Gasteiger partial charge < -0.3 is 0 Å². The van der Waals surface area contributed by atoms with E-state index >= 15 is 0 Å². The number of benzene rings is 4. The molecule has 0 spiro atoms. The number of fused-ring (bicyclic) bond motifs is 3. The Labute approximate surface area is 206 Å². The zero-order valence-electron chi connectivity index (χ0n) is 22.4. The number of hydrogen-bond donors (Lipinski definition) is 0. The second-order valence-electron chi connectivity index (χ2n) is 7.45. The summed E-state index contributed by atoms with van der Waals surface area (Å²) in [7, 11) is -8.55. The van der Waals surface area contributed by atoms with Crippen molar-refractivity contribution < 1.29 is 27.8 Å². The summed E-state index contributed by atoms with van der Waals surface area (Å²) >= 11 is 6.47. The second kappa shape index (κ2) is 8.65. The van der Waals surface area contributed by atoms with Crippen molar-refractivity contribution in [3.8, 4) is 11.1 Å². The van der Waals surface area contributed by atoms with Gasteiger partial charge >= 0.3 is 29.1 Å². The molecule has 0 saturated carbocycles. The molecule has 0 bridgehead atoms. The summed E-state index contributed by atoms with van der Waals surface area (Å²) in [6, 6.07) is 19.5. The maximum absolute atomic E-state index is 9.84. The van der Waals surface area contributed by atoms with E-state index in [1.54, 1.807) is 6.08 Å². The van der Waals surface area contributed by atoms with Crippen LogP contribution in [-0.4, -0.2) is 0 Å². The summed E-state index contributed by atoms with van der Waals surface area (Å²) < 4.78 is 91.8. The minimum absolute atomic E-state index is 0.216. The van der Waals surface area contributed by atoms with Crippen LogP contribution in [0.1, 0.15) is 34.7 Å². The van der Waals surface area contributed by atoms with Crippen LogP contribution >= 0.6 is 19.8 Å². The van der Waals surface area contributed by atoms with Crippen LogP contribution in [0.4, 0.5) is 21.0 Å². The third-order valence-corrected chi connectivity index (χ3v) is 5.70. The third kappa shape index (κ3) is 4.77. The second-order valence-corrected chi connectivity index (χ2v) is 9.16. The van der Waals surface area contributed by atoms with E-state index in [-0.39, 0.29) is 29.7 Å². The van der Waals surface area contributed by atoms with Crippen molar-refractivity contribution in [1.29, 1.82) is 0 Å². The summed E-state index contributed by atoms with van der Waals surface area (Å²) in [6.07, 6.45) is 1.74. The van der Waals surface area contributed by atoms with Crippen molar-refractivity contribution >= 4 is 25.8 Å². The van der Waals surface area contributed by atoms with Gasteiger partial charge in [0.05, 0.1) is 12.3 Å². The molecule has 1 aliphatic rings. The monoisotopic (exact) mass is 509 g/mol. The van der Waals surface area contributed by atoms with E-state index < -0.39 is 19.6 Å². The summed E-state index contributed by atoms with van der Waals surface area (Å²) in [5.74, 6) is 0. The van der Waals surface area contributed by atoms with Gasteiger partial charge in [-0.25, -0.2) is 0 Å². The molecule has 0 heterocycles. The maximum Gasteiger partial charge on any atom is 0.0714 e. The van der Waals surface area contributed by atoms with Gasteiger partial charge in [0.15, 0.2) is 0 Å². The van der Waals surface area contributed by atoms with Crippen molar-refractivity contribution in [3.05, 3.63) is 136 Å². The van der Waals surface area contributed by atoms with Gasteiger partial charge in [-0.05, 0) is 51.1 Å². The molecule has 0 radical (unpaired) electrons. The Kier molecular flexibility index (Phi) is 4.66. The Morgan fingerprint density at radius 3 is 1.97 bits per heavy atom. The standard InChI is InChI=1S/C27H19Cl.F5P/c1-2-19-12-14-21(15-13-19)27(20-8-4-3-5-9-20)25-11-7-6-10-23(25)24-17-16-22(28)18-26(24)27;1-6(2,3,4)5/h2-18H,1H2;/i3D,4D,5D,8D,9D;. The van der Waals surface area contributed by atoms with E-state index in [1.165, 1.54) is 0 Å². The van der Waals surface area contributed by atoms with Gasteiger partial charge in [0.1, 0.15) is 0 Å². The summed E-state index contributed by atoms with van der Waals surface area (Å²) in [5, 5.41) is 0.515. The minimum Gasteiger partial charge on any atom is -0.0985 e. The molecule has 0 saturated heterocycles. The molecule has 1 atom stereocenters. The Balaban J connectivity index is 0.000000531. The van der Waals surface area contributed by atoms with E-state index in [0.29, 0.717) is 5.02 Å². The molecule has 0 amide bonds. The fraction of sp³-hybridized carbons (Fsp3) is 0.0370. The van der Waals surface area contributed by atoms with Gasteiger partial charge in [-0.2, -0.15) is 0 Å². The van der Waals surface area contributed by atoms with Crippen LogP contribution in [0.25, 0.3) is 17.2 Å². The molecule has 1 aliphatic carbocycles. The fourth-order valence-corrected chi connectivity index (χ4v) is 4.46. The molecular weight excluding hydrogens is 486 g/mol. The number of hydrogen-bond acceptors (Lipinski definition) is 0. The molecule has 0 nitrogen and oxygen atoms in total. The summed E-state index contributed by atoms with van der Waals surface area (Å²) in [6.45, 7) is 3.83. The first-order chi connectivity index (χ1) is 18.1. The van der Waals surface area contributed by atoms with Gasteiger partial charge in [0, 0.05) is 5.02 Å². The predicted molar refractivity (Wildman–Crippen MR) is 131 cm³/mol. The van der Waals surface area contributed by atoms with Crippen molar-refractivity contribution in [2.45, 2.75) is 5.41 Å². The Morgan fingerprint density at radius 2 is 1.35 bits per heavy atom. The van der Waals surface area contributed by atoms with Gasteiger partial charge in [-0.1, -0.05) is 109 Å². The molecular formula is C27H19ClF5P. The van der Waals surface area contributed by atoms with Gasteiger partial charge in [-0.3, -0.25) is 0 Å². The molecule has 0 aliphatic heterocycles. The first kappa shape index (κ1) is 18.3. The van der Waals surface area contributed by atoms with E-state index in [4.69, 9.17) is 18.5 Å². The Morgan fingerprint density at radius 1 is 0.765 bits per heavy atom. The van der Waals surface area contributed by atoms with Crippen LogP contribution in [-0.2, 0) is 5.41 Å². The minimum atomic E-state index is -8.55. The topological polar surface area (TPSA) is 0 Å². The fourth-order valence-electron chi connectivity index (χ4n) is 4.28. The molecule has 4 aromatic carbocycles. The Hall–Kier alpha value is -3.01. The van der Waals surface area contributed by atoms with Crippen molar-refractivity contribution in [2.75, 3.05) is 0 Å². The van der Waals surface area contributed by atoms with Crippen molar-refractivity contribution in [3.63, 3.8) is 0 Å². The summed E-state index contributed by atoms with van der Waals surface area (Å²) in [5.41, 5.74) is 4.32. The SMILES string of the molecule is FP(F)(F)(F)F.[2H]c1c([2H])c([2H])c(C2(c3ccc(C=C)cc3)c3ccccc3-c3ccc(Cl)cc32)c([2H])c1[2H].